The topological polar surface area (TPSA) is 53.7 Å². The average Bonchev–Trinajstić information content (AvgIpc) is 2.10. The molecular formula is C10H21NO3. The second kappa shape index (κ2) is 5.07. The average molecular weight is 203 g/mol. The Bertz CT molecular complexity index is 175. The highest BCUT2D eigenvalue weighted by molar-refractivity contribution is 4.84. The van der Waals surface area contributed by atoms with Crippen molar-refractivity contribution in [2.75, 3.05) is 7.11 Å². The molecule has 4 nitrogen and oxygen atoms in total. The molecule has 84 valence electrons. The van der Waals surface area contributed by atoms with E-state index in [2.05, 4.69) is 0 Å². The first-order chi connectivity index (χ1) is 6.54. The van der Waals surface area contributed by atoms with Gasteiger partial charge in [0.1, 0.15) is 0 Å². The standard InChI is InChI=1S/C10H21NO3/c1-6(2)13-9-5-8(12-4)10(11)7(3)14-9/h6-10H,5,11H2,1-4H3/t7-,8-,9-,10?/m0/s1. The summed E-state index contributed by atoms with van der Waals surface area (Å²) in [6.45, 7) is 5.93. The van der Waals surface area contributed by atoms with Crippen molar-refractivity contribution in [2.24, 2.45) is 5.73 Å². The van der Waals surface area contributed by atoms with Gasteiger partial charge in [-0.3, -0.25) is 0 Å². The largest absolute Gasteiger partial charge is 0.380 e. The van der Waals surface area contributed by atoms with E-state index < -0.39 is 0 Å². The Morgan fingerprint density at radius 2 is 2.07 bits per heavy atom. The predicted molar refractivity (Wildman–Crippen MR) is 53.9 cm³/mol. The third kappa shape index (κ3) is 2.92. The molecule has 0 aliphatic carbocycles. The van der Waals surface area contributed by atoms with Crippen molar-refractivity contribution in [3.05, 3.63) is 0 Å². The summed E-state index contributed by atoms with van der Waals surface area (Å²) in [5.74, 6) is 0. The zero-order chi connectivity index (χ0) is 10.7. The van der Waals surface area contributed by atoms with Crippen LogP contribution in [0.4, 0.5) is 0 Å². The van der Waals surface area contributed by atoms with E-state index in [1.807, 2.05) is 20.8 Å². The molecule has 0 aromatic heterocycles. The van der Waals surface area contributed by atoms with Gasteiger partial charge in [-0.25, -0.2) is 0 Å². The Morgan fingerprint density at radius 3 is 2.57 bits per heavy atom. The van der Waals surface area contributed by atoms with Crippen LogP contribution in [0.2, 0.25) is 0 Å². The fourth-order valence-corrected chi connectivity index (χ4v) is 1.68. The van der Waals surface area contributed by atoms with Crippen molar-refractivity contribution in [1.29, 1.82) is 0 Å². The molecule has 4 atom stereocenters. The fraction of sp³-hybridized carbons (Fsp3) is 1.00. The molecule has 2 N–H and O–H groups in total. The van der Waals surface area contributed by atoms with Gasteiger partial charge in [0, 0.05) is 13.5 Å². The van der Waals surface area contributed by atoms with E-state index in [9.17, 15) is 0 Å². The molecule has 1 aliphatic heterocycles. The van der Waals surface area contributed by atoms with Gasteiger partial charge < -0.3 is 19.9 Å². The first kappa shape index (κ1) is 11.9. The lowest BCUT2D eigenvalue weighted by molar-refractivity contribution is -0.232. The molecule has 1 heterocycles. The zero-order valence-corrected chi connectivity index (χ0v) is 9.40. The van der Waals surface area contributed by atoms with Crippen LogP contribution in [-0.4, -0.2) is 37.8 Å². The Kier molecular flexibility index (Phi) is 4.31. The van der Waals surface area contributed by atoms with Crippen molar-refractivity contribution < 1.29 is 14.2 Å². The van der Waals surface area contributed by atoms with E-state index >= 15 is 0 Å². The molecule has 1 fully saturated rings. The quantitative estimate of drug-likeness (QED) is 0.740. The fourth-order valence-electron chi connectivity index (χ4n) is 1.68. The minimum atomic E-state index is -0.185. The van der Waals surface area contributed by atoms with Crippen molar-refractivity contribution in [1.82, 2.24) is 0 Å². The second-order valence-electron chi connectivity index (χ2n) is 4.04. The maximum absolute atomic E-state index is 5.92. The molecule has 1 aliphatic rings. The maximum Gasteiger partial charge on any atom is 0.160 e. The highest BCUT2D eigenvalue weighted by Gasteiger charge is 2.34. The highest BCUT2D eigenvalue weighted by Crippen LogP contribution is 2.22. The van der Waals surface area contributed by atoms with Crippen molar-refractivity contribution >= 4 is 0 Å². The van der Waals surface area contributed by atoms with E-state index in [0.29, 0.717) is 6.42 Å². The number of rotatable bonds is 3. The van der Waals surface area contributed by atoms with E-state index in [-0.39, 0.29) is 30.6 Å². The van der Waals surface area contributed by atoms with Gasteiger partial charge in [0.05, 0.1) is 24.4 Å². The lowest BCUT2D eigenvalue weighted by atomic mass is 10.0. The highest BCUT2D eigenvalue weighted by atomic mass is 16.7. The summed E-state index contributed by atoms with van der Waals surface area (Å²) >= 11 is 0. The lowest BCUT2D eigenvalue weighted by Crippen LogP contribution is -2.53. The molecule has 0 bridgehead atoms. The second-order valence-corrected chi connectivity index (χ2v) is 4.04. The molecule has 0 amide bonds. The number of hydrogen-bond donors (Lipinski definition) is 1. The Labute approximate surface area is 85.7 Å². The summed E-state index contributed by atoms with van der Waals surface area (Å²) in [5, 5.41) is 0. The normalized spacial score (nSPS) is 39.0. The van der Waals surface area contributed by atoms with Crippen LogP contribution in [0.1, 0.15) is 27.2 Å². The van der Waals surface area contributed by atoms with E-state index in [0.717, 1.165) is 0 Å². The molecule has 4 heteroatoms. The summed E-state index contributed by atoms with van der Waals surface area (Å²) in [7, 11) is 1.68. The van der Waals surface area contributed by atoms with Gasteiger partial charge in [0.25, 0.3) is 0 Å². The molecule has 1 saturated heterocycles. The minimum Gasteiger partial charge on any atom is -0.380 e. The van der Waals surface area contributed by atoms with Gasteiger partial charge in [-0.05, 0) is 20.8 Å². The first-order valence-corrected chi connectivity index (χ1v) is 5.14. The van der Waals surface area contributed by atoms with Gasteiger partial charge in [-0.15, -0.1) is 0 Å². The van der Waals surface area contributed by atoms with Crippen molar-refractivity contribution in [3.63, 3.8) is 0 Å². The van der Waals surface area contributed by atoms with Crippen LogP contribution in [0.15, 0.2) is 0 Å². The first-order valence-electron chi connectivity index (χ1n) is 5.14. The zero-order valence-electron chi connectivity index (χ0n) is 9.40. The minimum absolute atomic E-state index is 0.0163. The van der Waals surface area contributed by atoms with E-state index in [1.54, 1.807) is 7.11 Å². The molecule has 0 radical (unpaired) electrons. The van der Waals surface area contributed by atoms with Gasteiger partial charge in [-0.1, -0.05) is 0 Å². The van der Waals surface area contributed by atoms with Crippen molar-refractivity contribution in [3.8, 4) is 0 Å². The van der Waals surface area contributed by atoms with Gasteiger partial charge >= 0.3 is 0 Å². The summed E-state index contributed by atoms with van der Waals surface area (Å²) in [6.07, 6.45) is 0.703. The van der Waals surface area contributed by atoms with Crippen LogP contribution >= 0.6 is 0 Å². The monoisotopic (exact) mass is 203 g/mol. The number of nitrogens with two attached hydrogens (primary N) is 1. The molecule has 0 saturated carbocycles. The number of hydrogen-bond acceptors (Lipinski definition) is 4. The van der Waals surface area contributed by atoms with Crippen LogP contribution in [-0.2, 0) is 14.2 Å². The molecule has 1 unspecified atom stereocenters. The number of ether oxygens (including phenoxy) is 3. The molecule has 0 aromatic rings. The molecular weight excluding hydrogens is 182 g/mol. The SMILES string of the molecule is CO[C@H]1C[C@@H](OC(C)C)O[C@@H](C)C1N. The number of methoxy groups -OCH3 is 1. The summed E-state index contributed by atoms with van der Waals surface area (Å²) < 4.78 is 16.5. The van der Waals surface area contributed by atoms with Crippen LogP contribution in [0.3, 0.4) is 0 Å². The molecule has 14 heavy (non-hydrogen) atoms. The predicted octanol–water partition coefficient (Wildman–Crippen LogP) is 0.889. The van der Waals surface area contributed by atoms with E-state index in [1.165, 1.54) is 0 Å². The van der Waals surface area contributed by atoms with E-state index in [4.69, 9.17) is 19.9 Å². The lowest BCUT2D eigenvalue weighted by Gasteiger charge is -2.38. The van der Waals surface area contributed by atoms with Gasteiger partial charge in [0.15, 0.2) is 6.29 Å². The van der Waals surface area contributed by atoms with Crippen LogP contribution in [0, 0.1) is 0 Å². The van der Waals surface area contributed by atoms with Crippen LogP contribution in [0.5, 0.6) is 0 Å². The third-order valence-corrected chi connectivity index (χ3v) is 2.49. The Balaban J connectivity index is 2.49. The van der Waals surface area contributed by atoms with Crippen LogP contribution in [0.25, 0.3) is 0 Å². The molecule has 1 rings (SSSR count). The van der Waals surface area contributed by atoms with Gasteiger partial charge in [0.2, 0.25) is 0 Å². The summed E-state index contributed by atoms with van der Waals surface area (Å²) in [5.41, 5.74) is 5.92. The summed E-state index contributed by atoms with van der Waals surface area (Å²) in [6, 6.07) is -0.0630. The maximum atomic E-state index is 5.92. The molecule has 0 aromatic carbocycles. The smallest absolute Gasteiger partial charge is 0.160 e. The van der Waals surface area contributed by atoms with Crippen molar-refractivity contribution in [2.45, 2.75) is 57.8 Å². The Morgan fingerprint density at radius 1 is 1.43 bits per heavy atom. The summed E-state index contributed by atoms with van der Waals surface area (Å²) in [4.78, 5) is 0. The molecule has 0 spiro atoms. The van der Waals surface area contributed by atoms with Gasteiger partial charge in [-0.2, -0.15) is 0 Å². The van der Waals surface area contributed by atoms with Crippen LogP contribution < -0.4 is 5.73 Å². The third-order valence-electron chi connectivity index (χ3n) is 2.49. The Hall–Kier alpha value is -0.160.